The van der Waals surface area contributed by atoms with Gasteiger partial charge < -0.3 is 0 Å². The van der Waals surface area contributed by atoms with Gasteiger partial charge in [-0.25, -0.2) is 0 Å². The molecule has 1 heterocycles. The average molecular weight is 356 g/mol. The summed E-state index contributed by atoms with van der Waals surface area (Å²) in [6, 6.07) is 5.41. The van der Waals surface area contributed by atoms with Crippen molar-refractivity contribution in [3.8, 4) is 0 Å². The van der Waals surface area contributed by atoms with E-state index < -0.39 is 0 Å². The van der Waals surface area contributed by atoms with Crippen molar-refractivity contribution in [2.75, 3.05) is 11.6 Å². The minimum atomic E-state index is -0.256. The zero-order valence-electron chi connectivity index (χ0n) is 12.7. The van der Waals surface area contributed by atoms with Crippen LogP contribution in [0.25, 0.3) is 0 Å². The third-order valence-electron chi connectivity index (χ3n) is 3.41. The number of amides is 1. The maximum atomic E-state index is 12.4. The molecule has 2 rings (SSSR count). The lowest BCUT2D eigenvalue weighted by molar-refractivity contribution is 0.102. The summed E-state index contributed by atoms with van der Waals surface area (Å²) in [6.07, 6.45) is 3.99. The maximum absolute atomic E-state index is 12.4. The summed E-state index contributed by atoms with van der Waals surface area (Å²) < 4.78 is 0. The lowest BCUT2D eigenvalue weighted by Gasteiger charge is -2.06. The van der Waals surface area contributed by atoms with Gasteiger partial charge in [0.1, 0.15) is 5.01 Å². The summed E-state index contributed by atoms with van der Waals surface area (Å²) in [5.74, 6) is 0.139. The second kappa shape index (κ2) is 7.94. The fourth-order valence-corrected chi connectivity index (χ4v) is 3.71. The minimum absolute atomic E-state index is 0.256. The van der Waals surface area contributed by atoms with Gasteiger partial charge in [0.15, 0.2) is 0 Å². The molecule has 118 valence electrons. The van der Waals surface area contributed by atoms with Crippen LogP contribution in [0.2, 0.25) is 5.02 Å². The van der Waals surface area contributed by atoms with Crippen LogP contribution in [0.15, 0.2) is 23.1 Å². The number of nitrogens with one attached hydrogen (secondary N) is 1. The van der Waals surface area contributed by atoms with Crippen molar-refractivity contribution in [2.24, 2.45) is 0 Å². The van der Waals surface area contributed by atoms with Crippen LogP contribution in [-0.2, 0) is 0 Å². The molecule has 0 aliphatic heterocycles. The lowest BCUT2D eigenvalue weighted by Crippen LogP contribution is -2.12. The highest BCUT2D eigenvalue weighted by Crippen LogP contribution is 2.29. The number of hydrogen-bond acceptors (Lipinski definition) is 5. The molecule has 1 N–H and O–H groups in total. The summed E-state index contributed by atoms with van der Waals surface area (Å²) >= 11 is 9.10. The van der Waals surface area contributed by atoms with E-state index in [1.807, 2.05) is 12.3 Å². The monoisotopic (exact) mass is 355 g/mol. The number of carbonyl (C=O) groups excluding carboxylic acids is 1. The van der Waals surface area contributed by atoms with Crippen LogP contribution in [0.4, 0.5) is 5.13 Å². The molecule has 22 heavy (non-hydrogen) atoms. The number of anilines is 1. The van der Waals surface area contributed by atoms with Crippen LogP contribution in [0, 0.1) is 0 Å². The van der Waals surface area contributed by atoms with Gasteiger partial charge in [0, 0.05) is 10.8 Å². The third kappa shape index (κ3) is 4.00. The Morgan fingerprint density at radius 3 is 2.73 bits per heavy atom. The normalized spacial score (nSPS) is 11.0. The van der Waals surface area contributed by atoms with Gasteiger partial charge in [-0.05, 0) is 37.3 Å². The lowest BCUT2D eigenvalue weighted by atomic mass is 10.1. The van der Waals surface area contributed by atoms with Crippen LogP contribution in [-0.4, -0.2) is 22.4 Å². The largest absolute Gasteiger partial charge is 0.296 e. The molecule has 0 bridgehead atoms. The van der Waals surface area contributed by atoms with E-state index in [1.165, 1.54) is 11.3 Å². The first-order valence-electron chi connectivity index (χ1n) is 7.07. The van der Waals surface area contributed by atoms with Crippen molar-refractivity contribution in [3.05, 3.63) is 33.8 Å². The van der Waals surface area contributed by atoms with Crippen molar-refractivity contribution >= 4 is 45.7 Å². The summed E-state index contributed by atoms with van der Waals surface area (Å²) in [7, 11) is 0. The maximum Gasteiger partial charge on any atom is 0.259 e. The van der Waals surface area contributed by atoms with E-state index in [4.69, 9.17) is 11.6 Å². The van der Waals surface area contributed by atoms with E-state index in [0.29, 0.717) is 21.6 Å². The van der Waals surface area contributed by atoms with E-state index in [2.05, 4.69) is 29.4 Å². The van der Waals surface area contributed by atoms with Crippen molar-refractivity contribution < 1.29 is 4.79 Å². The zero-order valence-corrected chi connectivity index (χ0v) is 15.1. The molecule has 2 aromatic rings. The standard InChI is InChI=1S/C15H18ClN3OS2/c1-4-9(5-2)14-18-19-15(22-14)17-13(20)11-8-10(21-3)6-7-12(11)16/h6-9H,4-5H2,1-3H3,(H,17,19,20). The van der Waals surface area contributed by atoms with E-state index in [1.54, 1.807) is 23.9 Å². The molecular weight excluding hydrogens is 338 g/mol. The summed E-state index contributed by atoms with van der Waals surface area (Å²) in [6.45, 7) is 4.25. The molecule has 0 aliphatic rings. The Kier molecular flexibility index (Phi) is 6.23. The summed E-state index contributed by atoms with van der Waals surface area (Å²) in [5.41, 5.74) is 0.452. The Morgan fingerprint density at radius 2 is 2.09 bits per heavy atom. The number of thioether (sulfide) groups is 1. The van der Waals surface area contributed by atoms with Crippen LogP contribution < -0.4 is 5.32 Å². The molecule has 0 spiro atoms. The fourth-order valence-electron chi connectivity index (χ4n) is 2.06. The van der Waals surface area contributed by atoms with Crippen LogP contribution in [0.1, 0.15) is 48.0 Å². The van der Waals surface area contributed by atoms with Gasteiger partial charge in [0.05, 0.1) is 10.6 Å². The highest BCUT2D eigenvalue weighted by molar-refractivity contribution is 7.98. The van der Waals surface area contributed by atoms with E-state index >= 15 is 0 Å². The van der Waals surface area contributed by atoms with E-state index in [9.17, 15) is 4.79 Å². The predicted octanol–water partition coefficient (Wildman–Crippen LogP) is 5.07. The van der Waals surface area contributed by atoms with Gasteiger partial charge in [-0.1, -0.05) is 36.8 Å². The van der Waals surface area contributed by atoms with Gasteiger partial charge in [-0.3, -0.25) is 10.1 Å². The van der Waals surface area contributed by atoms with Crippen LogP contribution in [0.5, 0.6) is 0 Å². The fraction of sp³-hybridized carbons (Fsp3) is 0.400. The number of benzene rings is 1. The Hall–Kier alpha value is -1.11. The molecule has 0 atom stereocenters. The quantitative estimate of drug-likeness (QED) is 0.735. The molecule has 0 aliphatic carbocycles. The first-order chi connectivity index (χ1) is 10.6. The van der Waals surface area contributed by atoms with Crippen molar-refractivity contribution in [1.29, 1.82) is 0 Å². The van der Waals surface area contributed by atoms with Crippen molar-refractivity contribution in [3.63, 3.8) is 0 Å². The molecule has 0 saturated carbocycles. The first-order valence-corrected chi connectivity index (χ1v) is 9.49. The van der Waals surface area contributed by atoms with Gasteiger partial charge in [-0.15, -0.1) is 22.0 Å². The van der Waals surface area contributed by atoms with Crippen molar-refractivity contribution in [2.45, 2.75) is 37.5 Å². The number of hydrogen-bond donors (Lipinski definition) is 1. The number of halogens is 1. The topological polar surface area (TPSA) is 54.9 Å². The Bertz CT molecular complexity index is 656. The van der Waals surface area contributed by atoms with Gasteiger partial charge in [-0.2, -0.15) is 0 Å². The smallest absolute Gasteiger partial charge is 0.259 e. The van der Waals surface area contributed by atoms with Gasteiger partial charge in [0.25, 0.3) is 5.91 Å². The number of rotatable bonds is 6. The summed E-state index contributed by atoms with van der Waals surface area (Å²) in [4.78, 5) is 13.3. The molecule has 0 fully saturated rings. The predicted molar refractivity (Wildman–Crippen MR) is 94.4 cm³/mol. The number of aromatic nitrogens is 2. The Morgan fingerprint density at radius 1 is 1.36 bits per heavy atom. The second-order valence-corrected chi connectivity index (χ2v) is 7.05. The molecular formula is C15H18ClN3OS2. The van der Waals surface area contributed by atoms with Gasteiger partial charge in [0.2, 0.25) is 5.13 Å². The van der Waals surface area contributed by atoms with Crippen LogP contribution >= 0.6 is 34.7 Å². The highest BCUT2D eigenvalue weighted by atomic mass is 35.5. The SMILES string of the molecule is CCC(CC)c1nnc(NC(=O)c2cc(SC)ccc2Cl)s1. The highest BCUT2D eigenvalue weighted by Gasteiger charge is 2.16. The van der Waals surface area contributed by atoms with E-state index in [0.717, 1.165) is 22.7 Å². The minimum Gasteiger partial charge on any atom is -0.296 e. The molecule has 0 radical (unpaired) electrons. The first kappa shape index (κ1) is 17.2. The van der Waals surface area contributed by atoms with Gasteiger partial charge >= 0.3 is 0 Å². The molecule has 0 unspecified atom stereocenters. The molecule has 0 saturated heterocycles. The van der Waals surface area contributed by atoms with Crippen molar-refractivity contribution in [1.82, 2.24) is 10.2 Å². The van der Waals surface area contributed by atoms with E-state index in [-0.39, 0.29) is 5.91 Å². The molecule has 4 nitrogen and oxygen atoms in total. The Balaban J connectivity index is 2.15. The number of nitrogens with zero attached hydrogens (tertiary/aromatic N) is 2. The third-order valence-corrected chi connectivity index (χ3v) is 5.47. The van der Waals surface area contributed by atoms with Crippen LogP contribution in [0.3, 0.4) is 0 Å². The molecule has 1 amide bonds. The zero-order chi connectivity index (χ0) is 16.1. The summed E-state index contributed by atoms with van der Waals surface area (Å²) in [5, 5.41) is 12.9. The molecule has 7 heteroatoms. The Labute approximate surface area is 143 Å². The number of carbonyl (C=O) groups is 1. The molecule has 1 aromatic heterocycles. The second-order valence-electron chi connectivity index (χ2n) is 4.76. The average Bonchev–Trinajstić information content (AvgIpc) is 2.97. The molecule has 1 aromatic carbocycles.